The second-order valence-corrected chi connectivity index (χ2v) is 20.1. The van der Waals surface area contributed by atoms with Gasteiger partial charge in [0, 0.05) is 63.2 Å². The summed E-state index contributed by atoms with van der Waals surface area (Å²) >= 11 is 3.76. The zero-order chi connectivity index (χ0) is 43.8. The molecule has 0 amide bonds. The number of thiophene rings is 1. The van der Waals surface area contributed by atoms with Gasteiger partial charge in [-0.15, -0.1) is 11.3 Å². The molecule has 0 N–H and O–H groups in total. The Kier molecular flexibility index (Phi) is 7.84. The zero-order valence-corrected chi connectivity index (χ0v) is 37.8. The molecule has 0 bridgehead atoms. The molecule has 1 aliphatic heterocycles. The molecule has 2 nitrogen and oxygen atoms in total. The molecule has 1 atom stereocenters. The van der Waals surface area contributed by atoms with Crippen LogP contribution >= 0.6 is 23.1 Å². The number of nitrogens with zero attached hydrogens (tertiary/aromatic N) is 2. The third-order valence-corrected chi connectivity index (χ3v) is 16.9. The van der Waals surface area contributed by atoms with Crippen molar-refractivity contribution < 1.29 is 0 Å². The molecular formula is C63H38N2S2. The molecule has 4 heteroatoms. The average Bonchev–Trinajstić information content (AvgIpc) is 3.93. The second-order valence-electron chi connectivity index (χ2n) is 17.9. The second kappa shape index (κ2) is 14.1. The minimum atomic E-state index is -0.567. The summed E-state index contributed by atoms with van der Waals surface area (Å²) in [6, 6.07) is 86.7. The maximum absolute atomic E-state index is 2.53. The molecule has 1 spiro atoms. The normalized spacial score (nSPS) is 14.9. The van der Waals surface area contributed by atoms with E-state index in [4.69, 9.17) is 0 Å². The van der Waals surface area contributed by atoms with E-state index in [2.05, 4.69) is 240 Å². The molecule has 15 rings (SSSR count). The van der Waals surface area contributed by atoms with Crippen LogP contribution in [0, 0.1) is 0 Å². The van der Waals surface area contributed by atoms with E-state index < -0.39 is 5.41 Å². The molecular weight excluding hydrogens is 849 g/mol. The van der Waals surface area contributed by atoms with Crippen LogP contribution in [0.5, 0.6) is 0 Å². The molecule has 0 saturated heterocycles. The van der Waals surface area contributed by atoms with Crippen molar-refractivity contribution in [1.82, 2.24) is 4.57 Å². The van der Waals surface area contributed by atoms with Gasteiger partial charge in [0.15, 0.2) is 0 Å². The van der Waals surface area contributed by atoms with Gasteiger partial charge in [-0.2, -0.15) is 0 Å². The lowest BCUT2D eigenvalue weighted by Gasteiger charge is -2.46. The summed E-state index contributed by atoms with van der Waals surface area (Å²) in [5.41, 5.74) is 14.2. The van der Waals surface area contributed by atoms with Gasteiger partial charge in [-0.05, 0) is 122 Å². The minimum absolute atomic E-state index is 0.567. The zero-order valence-electron chi connectivity index (χ0n) is 36.2. The van der Waals surface area contributed by atoms with Gasteiger partial charge in [0.25, 0.3) is 0 Å². The van der Waals surface area contributed by atoms with E-state index in [1.54, 1.807) is 0 Å². The predicted octanol–water partition coefficient (Wildman–Crippen LogP) is 17.8. The topological polar surface area (TPSA) is 8.17 Å². The van der Waals surface area contributed by atoms with Gasteiger partial charge in [-0.1, -0.05) is 169 Å². The van der Waals surface area contributed by atoms with Crippen molar-refractivity contribution in [2.75, 3.05) is 4.90 Å². The van der Waals surface area contributed by atoms with Crippen molar-refractivity contribution in [3.63, 3.8) is 0 Å². The van der Waals surface area contributed by atoms with Crippen LogP contribution in [0.2, 0.25) is 0 Å². The first-order valence-corrected chi connectivity index (χ1v) is 24.6. The number of rotatable bonds is 4. The molecule has 11 aromatic carbocycles. The lowest BCUT2D eigenvalue weighted by atomic mass is 9.59. The van der Waals surface area contributed by atoms with Crippen molar-refractivity contribution in [2.45, 2.75) is 15.2 Å². The highest BCUT2D eigenvalue weighted by atomic mass is 32.2. The Morgan fingerprint density at radius 1 is 0.373 bits per heavy atom. The molecule has 67 heavy (non-hydrogen) atoms. The Labute approximate surface area is 395 Å². The molecule has 312 valence electrons. The van der Waals surface area contributed by atoms with Crippen molar-refractivity contribution >= 4 is 104 Å². The first-order valence-electron chi connectivity index (χ1n) is 23.0. The molecule has 1 aliphatic carbocycles. The molecule has 2 aromatic heterocycles. The molecule has 0 saturated carbocycles. The van der Waals surface area contributed by atoms with E-state index in [9.17, 15) is 0 Å². The summed E-state index contributed by atoms with van der Waals surface area (Å²) in [5, 5.41) is 10.1. The summed E-state index contributed by atoms with van der Waals surface area (Å²) in [6.45, 7) is 0. The van der Waals surface area contributed by atoms with Crippen molar-refractivity contribution in [3.8, 4) is 16.8 Å². The average molecular weight is 887 g/mol. The third kappa shape index (κ3) is 5.17. The Hall–Kier alpha value is -7.89. The van der Waals surface area contributed by atoms with Gasteiger partial charge in [-0.25, -0.2) is 0 Å². The highest BCUT2D eigenvalue weighted by Crippen LogP contribution is 2.62. The summed E-state index contributed by atoms with van der Waals surface area (Å²) in [6.07, 6.45) is 0. The maximum Gasteiger partial charge on any atom is 0.0736 e. The Morgan fingerprint density at radius 3 is 1.96 bits per heavy atom. The number of benzene rings is 11. The molecule has 0 radical (unpaired) electrons. The van der Waals surface area contributed by atoms with Crippen molar-refractivity contribution in [3.05, 3.63) is 253 Å². The fourth-order valence-electron chi connectivity index (χ4n) is 11.9. The SMILES string of the molecule is c1ccc2c(c1)Sc1ccc(N(c3ccc4c5ccccc5n(-c5ccc6sc7ccccc7c6c5)c4c3)c3cccc4ccccc34)cc1C21c2ccccc2-c2cccc3cccc1c23. The molecule has 0 fully saturated rings. The lowest BCUT2D eigenvalue weighted by molar-refractivity contribution is 0.707. The van der Waals surface area contributed by atoms with Crippen LogP contribution in [-0.2, 0) is 5.41 Å². The molecule has 3 heterocycles. The van der Waals surface area contributed by atoms with E-state index in [0.717, 1.165) is 22.7 Å². The van der Waals surface area contributed by atoms with E-state index in [-0.39, 0.29) is 0 Å². The van der Waals surface area contributed by atoms with Gasteiger partial charge in [0.2, 0.25) is 0 Å². The van der Waals surface area contributed by atoms with E-state index in [0.29, 0.717) is 0 Å². The first-order chi connectivity index (χ1) is 33.2. The maximum atomic E-state index is 2.53. The van der Waals surface area contributed by atoms with Gasteiger partial charge in [0.05, 0.1) is 22.1 Å². The monoisotopic (exact) mass is 886 g/mol. The summed E-state index contributed by atoms with van der Waals surface area (Å²) in [7, 11) is 0. The number of hydrogen-bond donors (Lipinski definition) is 0. The number of anilines is 3. The largest absolute Gasteiger partial charge is 0.310 e. The highest BCUT2D eigenvalue weighted by molar-refractivity contribution is 7.99. The number of para-hydroxylation sites is 1. The molecule has 2 aliphatic rings. The lowest BCUT2D eigenvalue weighted by Crippen LogP contribution is -2.36. The quantitative estimate of drug-likeness (QED) is 0.174. The summed E-state index contributed by atoms with van der Waals surface area (Å²) in [4.78, 5) is 5.09. The van der Waals surface area contributed by atoms with Gasteiger partial charge in [0.1, 0.15) is 0 Å². The standard InChI is InChI=1S/C63H38N2S2/c1-2-18-44-39(14-1)15-13-27-55(44)64(43-30-33-47-46-20-4-8-26-56(46)65(57(47)38-43)41-31-34-59-50(36-41)48-21-5-9-28-58(48)66-59)42-32-35-61-54(37-42)63(52-24-7-10-29-60(52)67-61)51-23-6-3-19-45(51)49-22-11-16-40-17-12-25-53(63)62(40)49/h1-38H. The van der Waals surface area contributed by atoms with Crippen LogP contribution < -0.4 is 4.90 Å². The van der Waals surface area contributed by atoms with Crippen LogP contribution in [0.3, 0.4) is 0 Å². The number of aromatic nitrogens is 1. The number of fused-ring (bicyclic) bond motifs is 15. The fourth-order valence-corrected chi connectivity index (χ4v) is 14.1. The van der Waals surface area contributed by atoms with Gasteiger partial charge >= 0.3 is 0 Å². The van der Waals surface area contributed by atoms with Crippen LogP contribution in [0.25, 0.3) is 80.3 Å². The minimum Gasteiger partial charge on any atom is -0.310 e. The molecule has 13 aromatic rings. The van der Waals surface area contributed by atoms with Crippen LogP contribution in [0.1, 0.15) is 22.3 Å². The van der Waals surface area contributed by atoms with Gasteiger partial charge < -0.3 is 9.47 Å². The third-order valence-electron chi connectivity index (χ3n) is 14.6. The van der Waals surface area contributed by atoms with Crippen molar-refractivity contribution in [1.29, 1.82) is 0 Å². The molecule has 1 unspecified atom stereocenters. The summed E-state index contributed by atoms with van der Waals surface area (Å²) in [5.74, 6) is 0. The van der Waals surface area contributed by atoms with Crippen LogP contribution in [0.15, 0.2) is 240 Å². The Balaban J connectivity index is 1.02. The highest BCUT2D eigenvalue weighted by Gasteiger charge is 2.48. The summed E-state index contributed by atoms with van der Waals surface area (Å²) < 4.78 is 5.10. The van der Waals surface area contributed by atoms with E-state index in [1.165, 1.54) is 107 Å². The van der Waals surface area contributed by atoms with E-state index in [1.807, 2.05) is 23.1 Å². The van der Waals surface area contributed by atoms with E-state index >= 15 is 0 Å². The smallest absolute Gasteiger partial charge is 0.0736 e. The van der Waals surface area contributed by atoms with Gasteiger partial charge in [-0.3, -0.25) is 0 Å². The van der Waals surface area contributed by atoms with Crippen molar-refractivity contribution in [2.24, 2.45) is 0 Å². The fraction of sp³-hybridized carbons (Fsp3) is 0.0159. The Bertz CT molecular complexity index is 4220. The number of hydrogen-bond acceptors (Lipinski definition) is 3. The van der Waals surface area contributed by atoms with Crippen LogP contribution in [-0.4, -0.2) is 4.57 Å². The predicted molar refractivity (Wildman–Crippen MR) is 285 cm³/mol. The van der Waals surface area contributed by atoms with Crippen LogP contribution in [0.4, 0.5) is 17.1 Å². The first kappa shape index (κ1) is 37.3. The Morgan fingerprint density at radius 2 is 1.01 bits per heavy atom.